The Morgan fingerprint density at radius 1 is 1.58 bits per heavy atom. The molecule has 1 aliphatic rings. The van der Waals surface area contributed by atoms with Crippen molar-refractivity contribution in [3.63, 3.8) is 0 Å². The molecule has 98 valence electrons. The number of carboxylic acids is 1. The van der Waals surface area contributed by atoms with Gasteiger partial charge in [0.15, 0.2) is 0 Å². The normalized spacial score (nSPS) is 18.7. The molecule has 1 N–H and O–H groups in total. The molecule has 1 unspecified atom stereocenters. The number of nitriles is 1. The fourth-order valence-electron chi connectivity index (χ4n) is 2.46. The third-order valence-corrected chi connectivity index (χ3v) is 3.42. The average Bonchev–Trinajstić information content (AvgIpc) is 2.82. The number of rotatable bonds is 3. The van der Waals surface area contributed by atoms with Gasteiger partial charge in [0.05, 0.1) is 11.3 Å². The van der Waals surface area contributed by atoms with E-state index in [2.05, 4.69) is 17.9 Å². The number of nitrogens with zero attached hydrogens (tertiary/aromatic N) is 2. The molecule has 0 spiro atoms. The Kier molecular flexibility index (Phi) is 3.86. The number of carboxylic acid groups (broad SMARTS) is 1. The fraction of sp³-hybridized carbons (Fsp3) is 0.333. The number of aliphatic carboxylic acids is 1. The van der Waals surface area contributed by atoms with Gasteiger partial charge in [0.25, 0.3) is 0 Å². The second-order valence-electron chi connectivity index (χ2n) is 4.74. The summed E-state index contributed by atoms with van der Waals surface area (Å²) >= 11 is 0. The molecule has 2 rings (SSSR count). The van der Waals surface area contributed by atoms with Gasteiger partial charge in [0.2, 0.25) is 0 Å². The van der Waals surface area contributed by atoms with Gasteiger partial charge in [-0.1, -0.05) is 6.07 Å². The Labute approximate surface area is 112 Å². The van der Waals surface area contributed by atoms with E-state index in [0.29, 0.717) is 11.6 Å². The molecule has 0 saturated carbocycles. The molecule has 1 aromatic carbocycles. The van der Waals surface area contributed by atoms with Crippen LogP contribution in [0.2, 0.25) is 0 Å². The smallest absolute Gasteiger partial charge is 0.328 e. The summed E-state index contributed by atoms with van der Waals surface area (Å²) in [7, 11) is 0. The summed E-state index contributed by atoms with van der Waals surface area (Å²) in [5.41, 5.74) is 2.27. The fourth-order valence-corrected chi connectivity index (χ4v) is 2.46. The molecular formula is C15H16N2O2. The molecule has 1 aromatic rings. The van der Waals surface area contributed by atoms with Crippen molar-refractivity contribution in [2.24, 2.45) is 0 Å². The largest absolute Gasteiger partial charge is 0.478 e. The highest BCUT2D eigenvalue weighted by Gasteiger charge is 2.22. The quantitative estimate of drug-likeness (QED) is 0.844. The molecule has 0 amide bonds. The second kappa shape index (κ2) is 5.57. The van der Waals surface area contributed by atoms with Crippen LogP contribution in [-0.2, 0) is 4.79 Å². The number of hydrogen-bond donors (Lipinski definition) is 1. The highest BCUT2D eigenvalue weighted by Crippen LogP contribution is 2.29. The molecule has 0 radical (unpaired) electrons. The van der Waals surface area contributed by atoms with E-state index in [4.69, 9.17) is 5.11 Å². The highest BCUT2D eigenvalue weighted by molar-refractivity contribution is 5.85. The highest BCUT2D eigenvalue weighted by atomic mass is 16.4. The van der Waals surface area contributed by atoms with Crippen LogP contribution in [0, 0.1) is 11.3 Å². The van der Waals surface area contributed by atoms with E-state index >= 15 is 0 Å². The zero-order valence-corrected chi connectivity index (χ0v) is 10.8. The van der Waals surface area contributed by atoms with Crippen LogP contribution in [0.3, 0.4) is 0 Å². The predicted molar refractivity (Wildman–Crippen MR) is 73.9 cm³/mol. The van der Waals surface area contributed by atoms with Crippen LogP contribution in [0.5, 0.6) is 0 Å². The lowest BCUT2D eigenvalue weighted by atomic mass is 10.1. The summed E-state index contributed by atoms with van der Waals surface area (Å²) in [5, 5.41) is 17.9. The van der Waals surface area contributed by atoms with Crippen molar-refractivity contribution in [3.05, 3.63) is 35.4 Å². The maximum atomic E-state index is 10.5. The van der Waals surface area contributed by atoms with Crippen molar-refractivity contribution in [1.82, 2.24) is 0 Å². The first kappa shape index (κ1) is 13.2. The van der Waals surface area contributed by atoms with Crippen molar-refractivity contribution in [2.45, 2.75) is 25.8 Å². The minimum atomic E-state index is -0.990. The van der Waals surface area contributed by atoms with E-state index in [1.807, 2.05) is 12.1 Å². The van der Waals surface area contributed by atoms with Crippen LogP contribution in [0.15, 0.2) is 24.3 Å². The molecule has 1 heterocycles. The van der Waals surface area contributed by atoms with Gasteiger partial charge >= 0.3 is 5.97 Å². The standard InChI is InChI=1S/C15H16N2O2/c1-11-3-2-8-17(11)14-6-4-12(5-7-15(18)19)9-13(14)10-16/h4-7,9,11H,2-3,8H2,1H3,(H,18,19)/b7-5+. The predicted octanol–water partition coefficient (Wildman–Crippen LogP) is 2.64. The molecule has 0 aromatic heterocycles. The van der Waals surface area contributed by atoms with Crippen molar-refractivity contribution in [2.75, 3.05) is 11.4 Å². The second-order valence-corrected chi connectivity index (χ2v) is 4.74. The molecule has 1 atom stereocenters. The van der Waals surface area contributed by atoms with Gasteiger partial charge in [-0.05, 0) is 43.5 Å². The van der Waals surface area contributed by atoms with E-state index in [0.717, 1.165) is 36.7 Å². The van der Waals surface area contributed by atoms with Crippen LogP contribution in [0.4, 0.5) is 5.69 Å². The van der Waals surface area contributed by atoms with Crippen LogP contribution in [0.1, 0.15) is 30.9 Å². The summed E-state index contributed by atoms with van der Waals surface area (Å²) in [6.07, 6.45) is 4.87. The SMILES string of the molecule is CC1CCCN1c1ccc(/C=C/C(=O)O)cc1C#N. The molecule has 4 nitrogen and oxygen atoms in total. The maximum absolute atomic E-state index is 10.5. The summed E-state index contributed by atoms with van der Waals surface area (Å²) in [6, 6.07) is 8.14. The minimum Gasteiger partial charge on any atom is -0.478 e. The van der Waals surface area contributed by atoms with E-state index in [9.17, 15) is 10.1 Å². The zero-order chi connectivity index (χ0) is 13.8. The molecule has 0 aliphatic carbocycles. The maximum Gasteiger partial charge on any atom is 0.328 e. The topological polar surface area (TPSA) is 64.3 Å². The third-order valence-electron chi connectivity index (χ3n) is 3.42. The first-order valence-electron chi connectivity index (χ1n) is 6.33. The molecule has 1 aliphatic heterocycles. The van der Waals surface area contributed by atoms with Gasteiger partial charge in [-0.25, -0.2) is 4.79 Å². The Morgan fingerprint density at radius 3 is 2.95 bits per heavy atom. The molecule has 19 heavy (non-hydrogen) atoms. The van der Waals surface area contributed by atoms with E-state index in [1.54, 1.807) is 6.07 Å². The van der Waals surface area contributed by atoms with Crippen molar-refractivity contribution in [3.8, 4) is 6.07 Å². The Hall–Kier alpha value is -2.28. The third kappa shape index (κ3) is 2.94. The van der Waals surface area contributed by atoms with Crippen LogP contribution in [-0.4, -0.2) is 23.7 Å². The molecule has 1 fully saturated rings. The van der Waals surface area contributed by atoms with Crippen molar-refractivity contribution >= 4 is 17.7 Å². The number of benzene rings is 1. The van der Waals surface area contributed by atoms with Crippen LogP contribution >= 0.6 is 0 Å². The lowest BCUT2D eigenvalue weighted by molar-refractivity contribution is -0.131. The van der Waals surface area contributed by atoms with Gasteiger partial charge in [-0.3, -0.25) is 0 Å². The zero-order valence-electron chi connectivity index (χ0n) is 10.8. The molecule has 4 heteroatoms. The number of anilines is 1. The monoisotopic (exact) mass is 256 g/mol. The van der Waals surface area contributed by atoms with E-state index in [-0.39, 0.29) is 0 Å². The number of carbonyl (C=O) groups is 1. The first-order chi connectivity index (χ1) is 9.11. The Morgan fingerprint density at radius 2 is 2.37 bits per heavy atom. The van der Waals surface area contributed by atoms with Crippen LogP contribution < -0.4 is 4.90 Å². The summed E-state index contributed by atoms with van der Waals surface area (Å²) < 4.78 is 0. The van der Waals surface area contributed by atoms with Crippen LogP contribution in [0.25, 0.3) is 6.08 Å². The van der Waals surface area contributed by atoms with E-state index in [1.165, 1.54) is 6.08 Å². The average molecular weight is 256 g/mol. The molecular weight excluding hydrogens is 240 g/mol. The molecule has 0 bridgehead atoms. The minimum absolute atomic E-state index is 0.451. The van der Waals surface area contributed by atoms with Gasteiger partial charge in [-0.15, -0.1) is 0 Å². The Bertz CT molecular complexity index is 558. The van der Waals surface area contributed by atoms with Gasteiger partial charge in [0, 0.05) is 18.7 Å². The molecule has 1 saturated heterocycles. The van der Waals surface area contributed by atoms with E-state index < -0.39 is 5.97 Å². The lowest BCUT2D eigenvalue weighted by Gasteiger charge is -2.24. The van der Waals surface area contributed by atoms with Crippen molar-refractivity contribution in [1.29, 1.82) is 5.26 Å². The van der Waals surface area contributed by atoms with Crippen molar-refractivity contribution < 1.29 is 9.90 Å². The van der Waals surface area contributed by atoms with Gasteiger partial charge < -0.3 is 10.0 Å². The van der Waals surface area contributed by atoms with Gasteiger partial charge in [-0.2, -0.15) is 5.26 Å². The first-order valence-corrected chi connectivity index (χ1v) is 6.33. The lowest BCUT2D eigenvalue weighted by Crippen LogP contribution is -2.26. The summed E-state index contributed by atoms with van der Waals surface area (Å²) in [4.78, 5) is 12.7. The summed E-state index contributed by atoms with van der Waals surface area (Å²) in [5.74, 6) is -0.990. The van der Waals surface area contributed by atoms with Gasteiger partial charge in [0.1, 0.15) is 6.07 Å². The Balaban J connectivity index is 2.32. The summed E-state index contributed by atoms with van der Waals surface area (Å²) in [6.45, 7) is 3.13. The number of hydrogen-bond acceptors (Lipinski definition) is 3.